The van der Waals surface area contributed by atoms with Crippen molar-refractivity contribution < 1.29 is 14.6 Å². The molecular formula is C13H20O3. The van der Waals surface area contributed by atoms with Gasteiger partial charge in [-0.2, -0.15) is 0 Å². The van der Waals surface area contributed by atoms with Gasteiger partial charge in [0.15, 0.2) is 0 Å². The van der Waals surface area contributed by atoms with Crippen molar-refractivity contribution in [3.63, 3.8) is 0 Å². The molecule has 3 nitrogen and oxygen atoms in total. The largest absolute Gasteiger partial charge is 0.488 e. The van der Waals surface area contributed by atoms with Gasteiger partial charge in [-0.15, -0.1) is 0 Å². The monoisotopic (exact) mass is 224 g/mol. The first kappa shape index (κ1) is 13.0. The Hall–Kier alpha value is -1.06. The maximum atomic E-state index is 9.31. The molecule has 0 aromatic heterocycles. The maximum absolute atomic E-state index is 9.31. The van der Waals surface area contributed by atoms with Crippen molar-refractivity contribution in [3.05, 3.63) is 29.8 Å². The lowest BCUT2D eigenvalue weighted by Crippen LogP contribution is -2.25. The Morgan fingerprint density at radius 1 is 1.19 bits per heavy atom. The van der Waals surface area contributed by atoms with Crippen LogP contribution < -0.4 is 4.74 Å². The molecule has 90 valence electrons. The molecule has 2 atom stereocenters. The second-order valence-corrected chi connectivity index (χ2v) is 3.95. The van der Waals surface area contributed by atoms with Crippen LogP contribution in [0, 0.1) is 0 Å². The van der Waals surface area contributed by atoms with E-state index >= 15 is 0 Å². The number of methoxy groups -OCH3 is 1. The van der Waals surface area contributed by atoms with E-state index in [0.29, 0.717) is 0 Å². The fraction of sp³-hybridized carbons (Fsp3) is 0.538. The minimum Gasteiger partial charge on any atom is -0.488 e. The van der Waals surface area contributed by atoms with Crippen molar-refractivity contribution >= 4 is 0 Å². The van der Waals surface area contributed by atoms with Crippen LogP contribution >= 0.6 is 0 Å². The van der Waals surface area contributed by atoms with E-state index in [1.165, 1.54) is 5.56 Å². The van der Waals surface area contributed by atoms with Crippen LogP contribution in [0.5, 0.6) is 5.75 Å². The minimum atomic E-state index is -0.465. The van der Waals surface area contributed by atoms with Gasteiger partial charge in [0, 0.05) is 7.11 Å². The summed E-state index contributed by atoms with van der Waals surface area (Å²) in [6, 6.07) is 7.87. The van der Waals surface area contributed by atoms with Gasteiger partial charge in [0.2, 0.25) is 0 Å². The Labute approximate surface area is 97.0 Å². The Morgan fingerprint density at radius 2 is 1.81 bits per heavy atom. The molecule has 0 aliphatic heterocycles. The average Bonchev–Trinajstić information content (AvgIpc) is 2.28. The molecule has 1 rings (SSSR count). The normalized spacial score (nSPS) is 14.5. The van der Waals surface area contributed by atoms with E-state index in [0.717, 1.165) is 18.8 Å². The number of benzene rings is 1. The lowest BCUT2D eigenvalue weighted by molar-refractivity contribution is 0.0604. The molecule has 0 spiro atoms. The molecule has 0 saturated carbocycles. The van der Waals surface area contributed by atoms with E-state index in [2.05, 4.69) is 0 Å². The molecule has 0 radical (unpaired) electrons. The zero-order valence-electron chi connectivity index (χ0n) is 10.1. The summed E-state index contributed by atoms with van der Waals surface area (Å²) in [6.45, 7) is 4.30. The number of hydrogen-bond acceptors (Lipinski definition) is 3. The lowest BCUT2D eigenvalue weighted by atomic mass is 10.1. The van der Waals surface area contributed by atoms with Crippen molar-refractivity contribution in [1.82, 2.24) is 0 Å². The van der Waals surface area contributed by atoms with Crippen molar-refractivity contribution in [2.45, 2.75) is 32.5 Å². The molecule has 3 heteroatoms. The highest BCUT2D eigenvalue weighted by atomic mass is 16.5. The molecule has 1 N–H and O–H groups in total. The first-order valence-electron chi connectivity index (χ1n) is 5.56. The summed E-state index contributed by atoms with van der Waals surface area (Å²) in [4.78, 5) is 0. The number of rotatable bonds is 6. The van der Waals surface area contributed by atoms with E-state index in [4.69, 9.17) is 9.47 Å². The van der Waals surface area contributed by atoms with E-state index in [-0.39, 0.29) is 6.10 Å². The van der Waals surface area contributed by atoms with Crippen LogP contribution in [0.25, 0.3) is 0 Å². The number of aliphatic hydroxyl groups is 1. The molecule has 0 aliphatic carbocycles. The number of ether oxygens (including phenoxy) is 2. The summed E-state index contributed by atoms with van der Waals surface area (Å²) in [6.07, 6.45) is 0.251. The van der Waals surface area contributed by atoms with Gasteiger partial charge in [0.25, 0.3) is 0 Å². The summed E-state index contributed by atoms with van der Waals surface area (Å²) in [7, 11) is 1.70. The van der Waals surface area contributed by atoms with Crippen molar-refractivity contribution in [2.24, 2.45) is 0 Å². The zero-order valence-corrected chi connectivity index (χ0v) is 10.1. The highest BCUT2D eigenvalue weighted by Crippen LogP contribution is 2.15. The zero-order chi connectivity index (χ0) is 12.0. The topological polar surface area (TPSA) is 38.7 Å². The first-order chi connectivity index (χ1) is 7.63. The fourth-order valence-corrected chi connectivity index (χ4v) is 1.27. The number of aliphatic hydroxyl groups excluding tert-OH is 1. The Balaban J connectivity index is 2.51. The van der Waals surface area contributed by atoms with E-state index < -0.39 is 6.10 Å². The predicted molar refractivity (Wildman–Crippen MR) is 63.8 cm³/mol. The van der Waals surface area contributed by atoms with E-state index in [9.17, 15) is 5.11 Å². The fourth-order valence-electron chi connectivity index (χ4n) is 1.27. The average molecular weight is 224 g/mol. The van der Waals surface area contributed by atoms with Gasteiger partial charge >= 0.3 is 0 Å². The smallest absolute Gasteiger partial charge is 0.121 e. The van der Waals surface area contributed by atoms with Crippen LogP contribution in [0.2, 0.25) is 0 Å². The molecule has 1 aromatic rings. The van der Waals surface area contributed by atoms with Gasteiger partial charge < -0.3 is 14.6 Å². The highest BCUT2D eigenvalue weighted by molar-refractivity contribution is 5.27. The molecule has 16 heavy (non-hydrogen) atoms. The third-order valence-corrected chi connectivity index (χ3v) is 2.52. The van der Waals surface area contributed by atoms with Gasteiger partial charge in [-0.1, -0.05) is 12.1 Å². The Morgan fingerprint density at radius 3 is 2.31 bits per heavy atom. The van der Waals surface area contributed by atoms with Gasteiger partial charge in [-0.3, -0.25) is 0 Å². The molecule has 0 aliphatic rings. The maximum Gasteiger partial charge on any atom is 0.121 e. The standard InChI is InChI=1S/C13H20O3/c1-10(14)11(2)16-13-6-4-12(5-7-13)8-9-15-3/h4-7,10-11,14H,8-9H2,1-3H3/t10-,11?/m0/s1. The van der Waals surface area contributed by atoms with Crippen LogP contribution in [-0.4, -0.2) is 31.0 Å². The van der Waals surface area contributed by atoms with Gasteiger partial charge in [0.05, 0.1) is 12.7 Å². The quantitative estimate of drug-likeness (QED) is 0.803. The summed E-state index contributed by atoms with van der Waals surface area (Å²) >= 11 is 0. The molecule has 0 heterocycles. The van der Waals surface area contributed by atoms with Crippen LogP contribution in [-0.2, 0) is 11.2 Å². The SMILES string of the molecule is COCCc1ccc(OC(C)[C@H](C)O)cc1. The van der Waals surface area contributed by atoms with Crippen LogP contribution in [0.15, 0.2) is 24.3 Å². The van der Waals surface area contributed by atoms with Crippen molar-refractivity contribution in [3.8, 4) is 5.75 Å². The Kier molecular flexibility index (Phi) is 5.29. The molecule has 0 bridgehead atoms. The summed E-state index contributed by atoms with van der Waals surface area (Å²) in [5.74, 6) is 0.787. The first-order valence-corrected chi connectivity index (χ1v) is 5.56. The molecule has 0 amide bonds. The predicted octanol–water partition coefficient (Wildman–Crippen LogP) is 2.02. The van der Waals surface area contributed by atoms with E-state index in [1.807, 2.05) is 31.2 Å². The highest BCUT2D eigenvalue weighted by Gasteiger charge is 2.09. The third-order valence-electron chi connectivity index (χ3n) is 2.52. The molecule has 0 saturated heterocycles. The molecular weight excluding hydrogens is 204 g/mol. The minimum absolute atomic E-state index is 0.190. The lowest BCUT2D eigenvalue weighted by Gasteiger charge is -2.17. The molecule has 1 aromatic carbocycles. The third kappa shape index (κ3) is 4.21. The van der Waals surface area contributed by atoms with Gasteiger partial charge in [-0.25, -0.2) is 0 Å². The summed E-state index contributed by atoms with van der Waals surface area (Å²) in [5.41, 5.74) is 1.22. The molecule has 1 unspecified atom stereocenters. The summed E-state index contributed by atoms with van der Waals surface area (Å²) in [5, 5.41) is 9.31. The summed E-state index contributed by atoms with van der Waals surface area (Å²) < 4.78 is 10.6. The van der Waals surface area contributed by atoms with Crippen LogP contribution in [0.4, 0.5) is 0 Å². The van der Waals surface area contributed by atoms with Crippen molar-refractivity contribution in [2.75, 3.05) is 13.7 Å². The second kappa shape index (κ2) is 6.51. The van der Waals surface area contributed by atoms with E-state index in [1.54, 1.807) is 14.0 Å². The van der Waals surface area contributed by atoms with Crippen molar-refractivity contribution in [1.29, 1.82) is 0 Å². The van der Waals surface area contributed by atoms with Crippen LogP contribution in [0.1, 0.15) is 19.4 Å². The Bertz CT molecular complexity index is 293. The second-order valence-electron chi connectivity index (χ2n) is 3.95. The number of hydrogen-bond donors (Lipinski definition) is 1. The van der Waals surface area contributed by atoms with Gasteiger partial charge in [0.1, 0.15) is 11.9 Å². The van der Waals surface area contributed by atoms with Gasteiger partial charge in [-0.05, 0) is 38.0 Å². The molecule has 0 fully saturated rings. The van der Waals surface area contributed by atoms with Crippen LogP contribution in [0.3, 0.4) is 0 Å².